The standard InChI is InChI=1S/C19H26N6O2/c1-15-3-2-8-24(13-15)18(26)14-25-21-19(20-22-25)16-4-6-17(7-5-16)23-9-11-27-12-10-23/h4-7,15H,2-3,8-14H2,1H3/t15-/m1/s1. The lowest BCUT2D eigenvalue weighted by atomic mass is 10.0. The van der Waals surface area contributed by atoms with Gasteiger partial charge in [-0.1, -0.05) is 6.92 Å². The number of carbonyl (C=O) groups excluding carboxylic acids is 1. The van der Waals surface area contributed by atoms with Crippen LogP contribution in [0.4, 0.5) is 5.69 Å². The summed E-state index contributed by atoms with van der Waals surface area (Å²) in [7, 11) is 0. The SMILES string of the molecule is C[C@@H]1CCCN(C(=O)Cn2nnc(-c3ccc(N4CCOCC4)cc3)n2)C1. The van der Waals surface area contributed by atoms with Crippen LogP contribution in [0.2, 0.25) is 0 Å². The van der Waals surface area contributed by atoms with Crippen molar-refractivity contribution in [1.82, 2.24) is 25.1 Å². The molecule has 8 nitrogen and oxygen atoms in total. The maximum atomic E-state index is 12.5. The van der Waals surface area contributed by atoms with E-state index in [0.717, 1.165) is 51.4 Å². The third kappa shape index (κ3) is 4.27. The number of rotatable bonds is 4. The number of amides is 1. The van der Waals surface area contributed by atoms with Crippen molar-refractivity contribution < 1.29 is 9.53 Å². The van der Waals surface area contributed by atoms with Crippen LogP contribution in [-0.2, 0) is 16.1 Å². The summed E-state index contributed by atoms with van der Waals surface area (Å²) in [5, 5.41) is 12.6. The van der Waals surface area contributed by atoms with Crippen LogP contribution in [0.1, 0.15) is 19.8 Å². The summed E-state index contributed by atoms with van der Waals surface area (Å²) in [5.41, 5.74) is 2.07. The molecule has 0 spiro atoms. The van der Waals surface area contributed by atoms with E-state index in [4.69, 9.17) is 4.74 Å². The van der Waals surface area contributed by atoms with Crippen LogP contribution in [0.25, 0.3) is 11.4 Å². The van der Waals surface area contributed by atoms with Crippen molar-refractivity contribution >= 4 is 11.6 Å². The fraction of sp³-hybridized carbons (Fsp3) is 0.579. The third-order valence-electron chi connectivity index (χ3n) is 5.24. The molecule has 2 fully saturated rings. The van der Waals surface area contributed by atoms with Crippen LogP contribution in [0.15, 0.2) is 24.3 Å². The summed E-state index contributed by atoms with van der Waals surface area (Å²) in [4.78, 5) is 18.1. The topological polar surface area (TPSA) is 76.4 Å². The molecule has 0 bridgehead atoms. The number of hydrogen-bond acceptors (Lipinski definition) is 6. The van der Waals surface area contributed by atoms with E-state index in [9.17, 15) is 4.79 Å². The van der Waals surface area contributed by atoms with Gasteiger partial charge in [-0.25, -0.2) is 0 Å². The lowest BCUT2D eigenvalue weighted by Crippen LogP contribution is -2.41. The van der Waals surface area contributed by atoms with Crippen molar-refractivity contribution in [2.45, 2.75) is 26.3 Å². The molecule has 0 unspecified atom stereocenters. The van der Waals surface area contributed by atoms with Crippen molar-refractivity contribution in [3.8, 4) is 11.4 Å². The third-order valence-corrected chi connectivity index (χ3v) is 5.24. The molecule has 1 aromatic carbocycles. The number of anilines is 1. The molecule has 144 valence electrons. The van der Waals surface area contributed by atoms with Gasteiger partial charge in [0.25, 0.3) is 0 Å². The van der Waals surface area contributed by atoms with Crippen molar-refractivity contribution in [1.29, 1.82) is 0 Å². The van der Waals surface area contributed by atoms with Gasteiger partial charge in [0, 0.05) is 37.4 Å². The lowest BCUT2D eigenvalue weighted by Gasteiger charge is -2.30. The van der Waals surface area contributed by atoms with Crippen LogP contribution < -0.4 is 4.90 Å². The first kappa shape index (κ1) is 17.9. The molecule has 8 heteroatoms. The van der Waals surface area contributed by atoms with E-state index in [2.05, 4.69) is 39.4 Å². The van der Waals surface area contributed by atoms with Crippen LogP contribution in [0.3, 0.4) is 0 Å². The van der Waals surface area contributed by atoms with Crippen molar-refractivity contribution in [2.24, 2.45) is 5.92 Å². The van der Waals surface area contributed by atoms with Gasteiger partial charge >= 0.3 is 0 Å². The molecule has 2 aliphatic rings. The fourth-order valence-corrected chi connectivity index (χ4v) is 3.71. The van der Waals surface area contributed by atoms with Gasteiger partial charge in [0.2, 0.25) is 11.7 Å². The monoisotopic (exact) mass is 370 g/mol. The minimum absolute atomic E-state index is 0.0631. The highest BCUT2D eigenvalue weighted by Gasteiger charge is 2.22. The van der Waals surface area contributed by atoms with Gasteiger partial charge in [0.1, 0.15) is 6.54 Å². The van der Waals surface area contributed by atoms with E-state index >= 15 is 0 Å². The highest BCUT2D eigenvalue weighted by Crippen LogP contribution is 2.21. The smallest absolute Gasteiger partial charge is 0.246 e. The first-order chi connectivity index (χ1) is 13.2. The molecule has 2 aromatic rings. The first-order valence-corrected chi connectivity index (χ1v) is 9.68. The first-order valence-electron chi connectivity index (χ1n) is 9.68. The Kier molecular flexibility index (Phi) is 5.33. The molecule has 27 heavy (non-hydrogen) atoms. The second-order valence-electron chi connectivity index (χ2n) is 7.38. The van der Waals surface area contributed by atoms with Crippen LogP contribution in [0.5, 0.6) is 0 Å². The van der Waals surface area contributed by atoms with E-state index in [1.807, 2.05) is 17.0 Å². The molecule has 0 aliphatic carbocycles. The molecule has 4 rings (SSSR count). The molecular weight excluding hydrogens is 344 g/mol. The zero-order chi connectivity index (χ0) is 18.6. The number of morpholine rings is 1. The summed E-state index contributed by atoms with van der Waals surface area (Å²) < 4.78 is 5.39. The number of hydrogen-bond donors (Lipinski definition) is 0. The maximum Gasteiger partial charge on any atom is 0.246 e. The quantitative estimate of drug-likeness (QED) is 0.811. The largest absolute Gasteiger partial charge is 0.378 e. The van der Waals surface area contributed by atoms with E-state index in [1.165, 1.54) is 16.9 Å². The van der Waals surface area contributed by atoms with Gasteiger partial charge in [0.15, 0.2) is 0 Å². The van der Waals surface area contributed by atoms with E-state index in [-0.39, 0.29) is 12.5 Å². The molecule has 0 N–H and O–H groups in total. The lowest BCUT2D eigenvalue weighted by molar-refractivity contribution is -0.134. The van der Waals surface area contributed by atoms with Crippen molar-refractivity contribution in [3.05, 3.63) is 24.3 Å². The molecule has 1 aromatic heterocycles. The molecule has 1 amide bonds. The summed E-state index contributed by atoms with van der Waals surface area (Å²) in [6, 6.07) is 8.14. The number of ether oxygens (including phenoxy) is 1. The highest BCUT2D eigenvalue weighted by molar-refractivity contribution is 5.76. The number of carbonyl (C=O) groups is 1. The number of aromatic nitrogens is 4. The minimum Gasteiger partial charge on any atom is -0.378 e. The molecule has 0 radical (unpaired) electrons. The summed E-state index contributed by atoms with van der Waals surface area (Å²) in [6.07, 6.45) is 2.26. The fourth-order valence-electron chi connectivity index (χ4n) is 3.71. The van der Waals surface area contributed by atoms with E-state index in [1.54, 1.807) is 0 Å². The Hall–Kier alpha value is -2.48. The van der Waals surface area contributed by atoms with Crippen molar-refractivity contribution in [3.63, 3.8) is 0 Å². The molecule has 1 atom stereocenters. The zero-order valence-electron chi connectivity index (χ0n) is 15.8. The van der Waals surface area contributed by atoms with E-state index in [0.29, 0.717) is 11.7 Å². The zero-order valence-corrected chi connectivity index (χ0v) is 15.8. The molecule has 3 heterocycles. The van der Waals surface area contributed by atoms with Gasteiger partial charge in [0.05, 0.1) is 13.2 Å². The van der Waals surface area contributed by atoms with Crippen LogP contribution in [-0.4, -0.2) is 70.4 Å². The highest BCUT2D eigenvalue weighted by atomic mass is 16.5. The number of piperidine rings is 1. The average molecular weight is 370 g/mol. The summed E-state index contributed by atoms with van der Waals surface area (Å²) in [5.74, 6) is 1.17. The Morgan fingerprint density at radius 2 is 1.96 bits per heavy atom. The molecule has 2 aliphatic heterocycles. The predicted molar refractivity (Wildman–Crippen MR) is 101 cm³/mol. The Morgan fingerprint density at radius 3 is 2.70 bits per heavy atom. The number of nitrogens with zero attached hydrogens (tertiary/aromatic N) is 6. The van der Waals surface area contributed by atoms with Gasteiger partial charge < -0.3 is 14.5 Å². The summed E-state index contributed by atoms with van der Waals surface area (Å²) >= 11 is 0. The minimum atomic E-state index is 0.0631. The van der Waals surface area contributed by atoms with Crippen LogP contribution >= 0.6 is 0 Å². The van der Waals surface area contributed by atoms with Gasteiger partial charge in [-0.3, -0.25) is 4.79 Å². The van der Waals surface area contributed by atoms with Crippen LogP contribution in [0, 0.1) is 5.92 Å². The Balaban J connectivity index is 1.39. The van der Waals surface area contributed by atoms with Gasteiger partial charge in [-0.2, -0.15) is 4.80 Å². The average Bonchev–Trinajstić information content (AvgIpc) is 3.17. The number of likely N-dealkylation sites (tertiary alicyclic amines) is 1. The summed E-state index contributed by atoms with van der Waals surface area (Å²) in [6.45, 7) is 7.33. The normalized spacial score (nSPS) is 20.7. The molecule has 2 saturated heterocycles. The second-order valence-corrected chi connectivity index (χ2v) is 7.38. The van der Waals surface area contributed by atoms with Crippen molar-refractivity contribution in [2.75, 3.05) is 44.3 Å². The van der Waals surface area contributed by atoms with E-state index < -0.39 is 0 Å². The Labute approximate surface area is 159 Å². The Morgan fingerprint density at radius 1 is 1.19 bits per heavy atom. The molecular formula is C19H26N6O2. The number of benzene rings is 1. The second kappa shape index (κ2) is 8.04. The van der Waals surface area contributed by atoms with Gasteiger partial charge in [-0.15, -0.1) is 10.2 Å². The molecule has 0 saturated carbocycles. The maximum absolute atomic E-state index is 12.5. The van der Waals surface area contributed by atoms with Gasteiger partial charge in [-0.05, 0) is 48.2 Å². The Bertz CT molecular complexity index is 769. The number of tetrazole rings is 1. The predicted octanol–water partition coefficient (Wildman–Crippen LogP) is 1.44.